The van der Waals surface area contributed by atoms with Crippen molar-refractivity contribution in [3.05, 3.63) is 48.0 Å². The monoisotopic (exact) mass is 346 g/mol. The minimum Gasteiger partial charge on any atom is -0.366 e. The van der Waals surface area contributed by atoms with Gasteiger partial charge in [-0.25, -0.2) is 0 Å². The number of rotatable bonds is 2. The van der Waals surface area contributed by atoms with Crippen LogP contribution in [-0.2, 0) is 23.7 Å². The number of hydrogen-bond acceptors (Lipinski definition) is 5. The molecule has 1 spiro atoms. The number of methoxy groups -OCH3 is 1. The summed E-state index contributed by atoms with van der Waals surface area (Å²) in [4.78, 5) is 0. The van der Waals surface area contributed by atoms with Crippen LogP contribution in [0.2, 0.25) is 0 Å². The minimum absolute atomic E-state index is 0.0613. The second-order valence-corrected chi connectivity index (χ2v) is 6.94. The van der Waals surface area contributed by atoms with Gasteiger partial charge in [0.1, 0.15) is 11.7 Å². The molecule has 1 aromatic carbocycles. The number of benzene rings is 1. The molecule has 0 radical (unpaired) electrons. The summed E-state index contributed by atoms with van der Waals surface area (Å²) in [5, 5.41) is 0. The van der Waals surface area contributed by atoms with Gasteiger partial charge < -0.3 is 23.7 Å². The zero-order valence-corrected chi connectivity index (χ0v) is 14.6. The van der Waals surface area contributed by atoms with Gasteiger partial charge in [-0.2, -0.15) is 0 Å². The van der Waals surface area contributed by atoms with E-state index in [1.165, 1.54) is 0 Å². The van der Waals surface area contributed by atoms with Gasteiger partial charge in [-0.05, 0) is 19.3 Å². The van der Waals surface area contributed by atoms with Gasteiger partial charge in [0.2, 0.25) is 0 Å². The van der Waals surface area contributed by atoms with E-state index in [-0.39, 0.29) is 24.8 Å². The molecule has 0 amide bonds. The average Bonchev–Trinajstić information content (AvgIpc) is 2.64. The Hall–Kier alpha value is -1.24. The van der Waals surface area contributed by atoms with Crippen LogP contribution in [0, 0.1) is 0 Å². The fourth-order valence-corrected chi connectivity index (χ4v) is 3.99. The average molecular weight is 346 g/mol. The van der Waals surface area contributed by atoms with Crippen molar-refractivity contribution in [1.29, 1.82) is 0 Å². The molecule has 3 heterocycles. The Kier molecular flexibility index (Phi) is 5.20. The van der Waals surface area contributed by atoms with Crippen LogP contribution in [0.15, 0.2) is 42.5 Å². The van der Waals surface area contributed by atoms with E-state index >= 15 is 0 Å². The van der Waals surface area contributed by atoms with Gasteiger partial charge >= 0.3 is 0 Å². The highest BCUT2D eigenvalue weighted by atomic mass is 16.8. The molecule has 0 bridgehead atoms. The van der Waals surface area contributed by atoms with E-state index in [2.05, 4.69) is 12.2 Å². The van der Waals surface area contributed by atoms with Crippen LogP contribution in [0.4, 0.5) is 0 Å². The zero-order valence-electron chi connectivity index (χ0n) is 14.6. The lowest BCUT2D eigenvalue weighted by Gasteiger charge is -2.50. The molecule has 0 N–H and O–H groups in total. The lowest BCUT2D eigenvalue weighted by molar-refractivity contribution is -0.362. The summed E-state index contributed by atoms with van der Waals surface area (Å²) in [5.74, 6) is 0. The highest BCUT2D eigenvalue weighted by molar-refractivity contribution is 5.16. The molecular weight excluding hydrogens is 320 g/mol. The second kappa shape index (κ2) is 7.56. The molecule has 5 atom stereocenters. The third-order valence-corrected chi connectivity index (χ3v) is 5.29. The van der Waals surface area contributed by atoms with E-state index in [1.54, 1.807) is 7.11 Å². The fourth-order valence-electron chi connectivity index (χ4n) is 3.99. The van der Waals surface area contributed by atoms with Gasteiger partial charge in [-0.3, -0.25) is 0 Å². The number of hydrogen-bond donors (Lipinski definition) is 0. The summed E-state index contributed by atoms with van der Waals surface area (Å²) >= 11 is 0. The van der Waals surface area contributed by atoms with Crippen molar-refractivity contribution < 1.29 is 23.7 Å². The highest BCUT2D eigenvalue weighted by Crippen LogP contribution is 2.42. The molecule has 0 saturated carbocycles. The van der Waals surface area contributed by atoms with Gasteiger partial charge in [-0.15, -0.1) is 0 Å². The minimum atomic E-state index is -0.459. The van der Waals surface area contributed by atoms with E-state index in [0.717, 1.165) is 31.2 Å². The van der Waals surface area contributed by atoms with Crippen molar-refractivity contribution in [2.75, 3.05) is 20.3 Å². The predicted molar refractivity (Wildman–Crippen MR) is 92.0 cm³/mol. The van der Waals surface area contributed by atoms with E-state index < -0.39 is 5.60 Å². The maximum atomic E-state index is 6.27. The lowest BCUT2D eigenvalue weighted by atomic mass is 9.84. The first-order valence-electron chi connectivity index (χ1n) is 9.10. The molecular formula is C20H26O5. The number of fused-ring (bicyclic) bond motifs is 1. The first kappa shape index (κ1) is 17.2. The Morgan fingerprint density at radius 3 is 2.80 bits per heavy atom. The van der Waals surface area contributed by atoms with Crippen LogP contribution in [0.5, 0.6) is 0 Å². The topological polar surface area (TPSA) is 46.2 Å². The van der Waals surface area contributed by atoms with Crippen molar-refractivity contribution in [2.45, 2.75) is 56.1 Å². The second-order valence-electron chi connectivity index (χ2n) is 6.94. The standard InChI is InChI=1S/C20H26O5/c1-21-19-20(11-7-2-3-8-12-23-20)13-16-17(25-19)14-22-18(24-16)15-9-5-4-6-10-15/h3-6,8-10,16-19H,2,7,11-14H2,1H3/b8-3-/t16-,17+,18+,19-,20+/m0/s1. The molecule has 25 heavy (non-hydrogen) atoms. The smallest absolute Gasteiger partial charge is 0.186 e. The normalized spacial score (nSPS) is 40.0. The molecule has 0 unspecified atom stereocenters. The van der Waals surface area contributed by atoms with Crippen LogP contribution in [0.1, 0.15) is 37.5 Å². The number of ether oxygens (including phenoxy) is 5. The first-order valence-corrected chi connectivity index (χ1v) is 9.10. The predicted octanol–water partition coefficient (Wildman–Crippen LogP) is 3.36. The summed E-state index contributed by atoms with van der Waals surface area (Å²) in [6, 6.07) is 10.0. The van der Waals surface area contributed by atoms with Gasteiger partial charge in [0.15, 0.2) is 12.6 Å². The molecule has 5 nitrogen and oxygen atoms in total. The van der Waals surface area contributed by atoms with Gasteiger partial charge in [0.25, 0.3) is 0 Å². The maximum absolute atomic E-state index is 6.27. The third-order valence-electron chi connectivity index (χ3n) is 5.29. The molecule has 5 heteroatoms. The SMILES string of the molecule is CO[C@H]1O[C@@H]2CO[C@@H](c3ccccc3)O[C@H]2C[C@]12CCC/C=C\CO2. The van der Waals surface area contributed by atoms with Crippen LogP contribution < -0.4 is 0 Å². The molecule has 0 aromatic heterocycles. The molecule has 1 aromatic rings. The Balaban J connectivity index is 1.52. The maximum Gasteiger partial charge on any atom is 0.186 e. The number of allylic oxidation sites excluding steroid dienone is 1. The zero-order chi connectivity index (χ0) is 17.1. The van der Waals surface area contributed by atoms with Crippen LogP contribution >= 0.6 is 0 Å². The van der Waals surface area contributed by atoms with E-state index in [4.69, 9.17) is 23.7 Å². The van der Waals surface area contributed by atoms with Crippen molar-refractivity contribution in [2.24, 2.45) is 0 Å². The van der Waals surface area contributed by atoms with E-state index in [0.29, 0.717) is 13.2 Å². The summed E-state index contributed by atoms with van der Waals surface area (Å²) in [6.45, 7) is 1.08. The Morgan fingerprint density at radius 2 is 1.96 bits per heavy atom. The van der Waals surface area contributed by atoms with Crippen LogP contribution in [0.3, 0.4) is 0 Å². The summed E-state index contributed by atoms with van der Waals surface area (Å²) in [6.07, 6.45) is 7.11. The first-order chi connectivity index (χ1) is 12.3. The van der Waals surface area contributed by atoms with Crippen molar-refractivity contribution >= 4 is 0 Å². The van der Waals surface area contributed by atoms with Crippen molar-refractivity contribution in [1.82, 2.24) is 0 Å². The Morgan fingerprint density at radius 1 is 1.08 bits per heavy atom. The quantitative estimate of drug-likeness (QED) is 0.769. The van der Waals surface area contributed by atoms with Crippen LogP contribution in [0.25, 0.3) is 0 Å². The molecule has 136 valence electrons. The summed E-state index contributed by atoms with van der Waals surface area (Å²) in [5.41, 5.74) is 0.574. The largest absolute Gasteiger partial charge is 0.366 e. The molecule has 3 aliphatic rings. The molecule has 3 aliphatic heterocycles. The summed E-state index contributed by atoms with van der Waals surface area (Å²) < 4.78 is 30.3. The van der Waals surface area contributed by atoms with Gasteiger partial charge in [0, 0.05) is 19.1 Å². The van der Waals surface area contributed by atoms with E-state index in [1.807, 2.05) is 30.3 Å². The molecule has 0 aliphatic carbocycles. The van der Waals surface area contributed by atoms with Gasteiger partial charge in [-0.1, -0.05) is 42.5 Å². The van der Waals surface area contributed by atoms with Crippen molar-refractivity contribution in [3.8, 4) is 0 Å². The molecule has 2 saturated heterocycles. The fraction of sp³-hybridized carbons (Fsp3) is 0.600. The lowest BCUT2D eigenvalue weighted by Crippen LogP contribution is -2.61. The van der Waals surface area contributed by atoms with Crippen molar-refractivity contribution in [3.63, 3.8) is 0 Å². The molecule has 2 fully saturated rings. The third kappa shape index (κ3) is 3.52. The highest BCUT2D eigenvalue weighted by Gasteiger charge is 2.52. The van der Waals surface area contributed by atoms with Gasteiger partial charge in [0.05, 0.1) is 19.3 Å². The molecule has 4 rings (SSSR count). The summed E-state index contributed by atoms with van der Waals surface area (Å²) in [7, 11) is 1.68. The Bertz CT molecular complexity index is 589. The van der Waals surface area contributed by atoms with E-state index in [9.17, 15) is 0 Å². The Labute approximate surface area is 148 Å². The van der Waals surface area contributed by atoms with Crippen LogP contribution in [-0.4, -0.2) is 44.4 Å².